The molecule has 4 rings (SSSR count). The summed E-state index contributed by atoms with van der Waals surface area (Å²) in [6.45, 7) is 4.89. The number of aryl methyl sites for hydroxylation is 1. The van der Waals surface area contributed by atoms with Crippen LogP contribution in [0.25, 0.3) is 21.3 Å². The van der Waals surface area contributed by atoms with E-state index in [0.29, 0.717) is 30.5 Å². The van der Waals surface area contributed by atoms with Crippen LogP contribution in [0.1, 0.15) is 10.7 Å². The van der Waals surface area contributed by atoms with Gasteiger partial charge >= 0.3 is 0 Å². The number of nitrogens with zero attached hydrogens (tertiary/aromatic N) is 4. The highest BCUT2D eigenvalue weighted by Gasteiger charge is 2.18. The van der Waals surface area contributed by atoms with Crippen LogP contribution in [0.3, 0.4) is 0 Å². The van der Waals surface area contributed by atoms with Gasteiger partial charge in [-0.15, -0.1) is 10.2 Å². The molecule has 1 fully saturated rings. The summed E-state index contributed by atoms with van der Waals surface area (Å²) in [5.74, 6) is -0.482. The van der Waals surface area contributed by atoms with E-state index in [0.717, 1.165) is 28.7 Å². The summed E-state index contributed by atoms with van der Waals surface area (Å²) in [5.41, 5.74) is 0.996. The zero-order valence-corrected chi connectivity index (χ0v) is 15.8. The summed E-state index contributed by atoms with van der Waals surface area (Å²) in [7, 11) is 0. The van der Waals surface area contributed by atoms with Gasteiger partial charge in [-0.1, -0.05) is 23.5 Å². The molecule has 0 saturated carbocycles. The Balaban J connectivity index is 1.57. The van der Waals surface area contributed by atoms with Crippen LogP contribution >= 0.6 is 11.3 Å². The summed E-state index contributed by atoms with van der Waals surface area (Å²) in [6, 6.07) is 5.45. The second kappa shape index (κ2) is 7.75. The van der Waals surface area contributed by atoms with Gasteiger partial charge in [0.15, 0.2) is 11.6 Å². The molecule has 0 bridgehead atoms. The number of ketones is 1. The molecule has 3 aromatic rings. The zero-order chi connectivity index (χ0) is 18.8. The Morgan fingerprint density at radius 1 is 1.30 bits per heavy atom. The molecule has 0 radical (unpaired) electrons. The number of carbonyl (C=O) groups is 1. The fourth-order valence-electron chi connectivity index (χ4n) is 3.14. The zero-order valence-electron chi connectivity index (χ0n) is 14.9. The van der Waals surface area contributed by atoms with Crippen molar-refractivity contribution in [3.05, 3.63) is 40.9 Å². The van der Waals surface area contributed by atoms with Gasteiger partial charge in [0.25, 0.3) is 0 Å². The monoisotopic (exact) mass is 386 g/mol. The van der Waals surface area contributed by atoms with Crippen molar-refractivity contribution in [2.75, 3.05) is 32.8 Å². The summed E-state index contributed by atoms with van der Waals surface area (Å²) in [6.07, 6.45) is 1.60. The number of pyridine rings is 1. The van der Waals surface area contributed by atoms with Gasteiger partial charge in [-0.3, -0.25) is 14.7 Å². The van der Waals surface area contributed by atoms with Crippen molar-refractivity contribution in [2.45, 2.75) is 13.3 Å². The van der Waals surface area contributed by atoms with E-state index in [1.54, 1.807) is 12.3 Å². The highest BCUT2D eigenvalue weighted by molar-refractivity contribution is 7.14. The highest BCUT2D eigenvalue weighted by Crippen LogP contribution is 2.28. The molecule has 1 aliphatic heterocycles. The van der Waals surface area contributed by atoms with Gasteiger partial charge in [-0.05, 0) is 13.0 Å². The average molecular weight is 386 g/mol. The Labute approximate surface area is 160 Å². The van der Waals surface area contributed by atoms with E-state index in [2.05, 4.69) is 15.2 Å². The molecule has 1 aromatic carbocycles. The fraction of sp³-hybridized carbons (Fsp3) is 0.368. The molecule has 1 aliphatic rings. The van der Waals surface area contributed by atoms with Gasteiger partial charge in [0, 0.05) is 35.6 Å². The van der Waals surface area contributed by atoms with Crippen LogP contribution in [-0.2, 0) is 16.0 Å². The third-order valence-electron chi connectivity index (χ3n) is 4.54. The predicted octanol–water partition coefficient (Wildman–Crippen LogP) is 2.64. The van der Waals surface area contributed by atoms with Crippen LogP contribution in [-0.4, -0.2) is 58.7 Å². The average Bonchev–Trinajstić information content (AvgIpc) is 3.11. The number of halogens is 1. The minimum atomic E-state index is -0.439. The number of benzene rings is 1. The van der Waals surface area contributed by atoms with Gasteiger partial charge in [-0.2, -0.15) is 0 Å². The molecule has 3 heterocycles. The summed E-state index contributed by atoms with van der Waals surface area (Å²) < 4.78 is 20.3. The molecular weight excluding hydrogens is 367 g/mol. The first-order chi connectivity index (χ1) is 13.1. The number of hydrogen-bond donors (Lipinski definition) is 0. The topological polar surface area (TPSA) is 68.2 Å². The molecule has 140 valence electrons. The van der Waals surface area contributed by atoms with Crippen molar-refractivity contribution in [1.29, 1.82) is 0 Å². The SMILES string of the molecule is Cc1nnc(-c2ccc3cnc(CC(=O)CN4CCOCC4)c(F)c3c2)s1. The minimum Gasteiger partial charge on any atom is -0.379 e. The van der Waals surface area contributed by atoms with E-state index in [1.807, 2.05) is 24.0 Å². The summed E-state index contributed by atoms with van der Waals surface area (Å²) in [5, 5.41) is 10.9. The number of rotatable bonds is 5. The molecule has 0 amide bonds. The summed E-state index contributed by atoms with van der Waals surface area (Å²) >= 11 is 1.46. The van der Waals surface area contributed by atoms with Crippen molar-refractivity contribution >= 4 is 27.9 Å². The molecule has 0 atom stereocenters. The lowest BCUT2D eigenvalue weighted by Gasteiger charge is -2.25. The van der Waals surface area contributed by atoms with Crippen molar-refractivity contribution in [1.82, 2.24) is 20.1 Å². The van der Waals surface area contributed by atoms with Crippen molar-refractivity contribution in [3.8, 4) is 10.6 Å². The number of fused-ring (bicyclic) bond motifs is 1. The van der Waals surface area contributed by atoms with E-state index in [9.17, 15) is 4.79 Å². The number of aromatic nitrogens is 3. The van der Waals surface area contributed by atoms with Gasteiger partial charge in [-0.25, -0.2) is 4.39 Å². The first kappa shape index (κ1) is 18.1. The van der Waals surface area contributed by atoms with Crippen LogP contribution in [0.15, 0.2) is 24.4 Å². The van der Waals surface area contributed by atoms with Crippen molar-refractivity contribution in [2.24, 2.45) is 0 Å². The first-order valence-electron chi connectivity index (χ1n) is 8.79. The fourth-order valence-corrected chi connectivity index (χ4v) is 3.83. The maximum atomic E-state index is 15.0. The molecule has 0 spiro atoms. The molecule has 0 N–H and O–H groups in total. The number of Topliss-reactive ketones (excluding diaryl/α,β-unsaturated/α-hetero) is 1. The molecular formula is C19H19FN4O2S. The van der Waals surface area contributed by atoms with E-state index in [4.69, 9.17) is 4.74 Å². The Bertz CT molecular complexity index is 985. The molecule has 0 unspecified atom stereocenters. The van der Waals surface area contributed by atoms with Crippen molar-refractivity contribution < 1.29 is 13.9 Å². The Kier molecular flexibility index (Phi) is 5.20. The third kappa shape index (κ3) is 4.02. The Morgan fingerprint density at radius 2 is 2.11 bits per heavy atom. The number of carbonyl (C=O) groups excluding carboxylic acids is 1. The number of hydrogen-bond acceptors (Lipinski definition) is 7. The first-order valence-corrected chi connectivity index (χ1v) is 9.61. The van der Waals surface area contributed by atoms with E-state index in [1.165, 1.54) is 11.3 Å². The Hall–Kier alpha value is -2.29. The van der Waals surface area contributed by atoms with Crippen LogP contribution in [0, 0.1) is 12.7 Å². The maximum absolute atomic E-state index is 15.0. The lowest BCUT2D eigenvalue weighted by molar-refractivity contribution is -0.120. The van der Waals surface area contributed by atoms with Crippen molar-refractivity contribution in [3.63, 3.8) is 0 Å². The standard InChI is InChI=1S/C19H19FN4O2S/c1-12-22-23-19(27-12)13-2-3-14-10-21-17(18(20)16(14)8-13)9-15(25)11-24-4-6-26-7-5-24/h2-3,8,10H,4-7,9,11H2,1H3. The summed E-state index contributed by atoms with van der Waals surface area (Å²) in [4.78, 5) is 18.6. The third-order valence-corrected chi connectivity index (χ3v) is 5.43. The van der Waals surface area contributed by atoms with Gasteiger partial charge in [0.2, 0.25) is 0 Å². The van der Waals surface area contributed by atoms with Gasteiger partial charge < -0.3 is 4.74 Å². The number of morpholine rings is 1. The van der Waals surface area contributed by atoms with Crippen LogP contribution in [0.2, 0.25) is 0 Å². The molecule has 6 nitrogen and oxygen atoms in total. The lowest BCUT2D eigenvalue weighted by Crippen LogP contribution is -2.40. The Morgan fingerprint density at radius 3 is 2.85 bits per heavy atom. The molecule has 2 aromatic heterocycles. The van der Waals surface area contributed by atoms with Gasteiger partial charge in [0.05, 0.1) is 31.9 Å². The molecule has 8 heteroatoms. The van der Waals surface area contributed by atoms with E-state index < -0.39 is 5.82 Å². The van der Waals surface area contributed by atoms with E-state index >= 15 is 4.39 Å². The van der Waals surface area contributed by atoms with Crippen LogP contribution in [0.5, 0.6) is 0 Å². The van der Waals surface area contributed by atoms with Crippen LogP contribution < -0.4 is 0 Å². The van der Waals surface area contributed by atoms with E-state index in [-0.39, 0.29) is 17.9 Å². The maximum Gasteiger partial charge on any atom is 0.152 e. The second-order valence-corrected chi connectivity index (χ2v) is 7.73. The van der Waals surface area contributed by atoms with Crippen LogP contribution in [0.4, 0.5) is 4.39 Å². The minimum absolute atomic E-state index is 0.0126. The second-order valence-electron chi connectivity index (χ2n) is 6.55. The smallest absolute Gasteiger partial charge is 0.152 e. The lowest BCUT2D eigenvalue weighted by atomic mass is 10.1. The largest absolute Gasteiger partial charge is 0.379 e. The van der Waals surface area contributed by atoms with Gasteiger partial charge in [0.1, 0.15) is 10.0 Å². The molecule has 27 heavy (non-hydrogen) atoms. The normalized spacial score (nSPS) is 15.3. The molecule has 1 saturated heterocycles. The number of ether oxygens (including phenoxy) is 1. The highest BCUT2D eigenvalue weighted by atomic mass is 32.1. The molecule has 0 aliphatic carbocycles. The predicted molar refractivity (Wildman–Crippen MR) is 101 cm³/mol. The quantitative estimate of drug-likeness (QED) is 0.672.